The largest absolute Gasteiger partial charge is 0.315 e. The van der Waals surface area contributed by atoms with Crippen LogP contribution in [-0.2, 0) is 9.84 Å². The fourth-order valence-electron chi connectivity index (χ4n) is 2.15. The molecule has 0 amide bonds. The van der Waals surface area contributed by atoms with Gasteiger partial charge in [-0.05, 0) is 38.9 Å². The minimum absolute atomic E-state index is 0.250. The Morgan fingerprint density at radius 3 is 2.56 bits per heavy atom. The van der Waals surface area contributed by atoms with Crippen molar-refractivity contribution in [2.75, 3.05) is 13.1 Å². The molecule has 0 radical (unpaired) electrons. The van der Waals surface area contributed by atoms with Crippen LogP contribution in [0.3, 0.4) is 0 Å². The first-order chi connectivity index (χ1) is 8.50. The molecular weight excluding hydrogens is 248 g/mol. The van der Waals surface area contributed by atoms with Crippen LogP contribution < -0.4 is 10.6 Å². The van der Waals surface area contributed by atoms with Gasteiger partial charge in [0.25, 0.3) is 0 Å². The maximum Gasteiger partial charge on any atom is 0.193 e. The van der Waals surface area contributed by atoms with Crippen LogP contribution in [-0.4, -0.2) is 32.9 Å². The number of sulfone groups is 1. The van der Waals surface area contributed by atoms with Crippen LogP contribution in [0, 0.1) is 6.92 Å². The molecule has 2 N–H and O–H groups in total. The molecule has 1 aromatic carbocycles. The predicted octanol–water partition coefficient (Wildman–Crippen LogP) is 1.07. The molecule has 1 heterocycles. The summed E-state index contributed by atoms with van der Waals surface area (Å²) in [6, 6.07) is 7.26. The summed E-state index contributed by atoms with van der Waals surface area (Å²) in [6.45, 7) is 5.46. The van der Waals surface area contributed by atoms with Gasteiger partial charge in [-0.2, -0.15) is 0 Å². The Hall–Kier alpha value is -0.910. The van der Waals surface area contributed by atoms with Crippen molar-refractivity contribution in [2.24, 2.45) is 0 Å². The molecule has 0 aliphatic carbocycles. The minimum Gasteiger partial charge on any atom is -0.315 e. The van der Waals surface area contributed by atoms with E-state index in [1.807, 2.05) is 19.1 Å². The van der Waals surface area contributed by atoms with Gasteiger partial charge in [0.1, 0.15) is 5.37 Å². The zero-order valence-electron chi connectivity index (χ0n) is 10.8. The van der Waals surface area contributed by atoms with Crippen molar-refractivity contribution in [2.45, 2.75) is 36.6 Å². The molecule has 0 saturated carbocycles. The molecule has 4 nitrogen and oxygen atoms in total. The molecule has 2 atom stereocenters. The standard InChI is InChI=1S/C13H20N2O2S/c1-10-3-5-13(6-4-10)18(16,17)11(2)15-12-7-8-14-9-12/h3-6,11-12,14-15H,7-9H2,1-2H3. The minimum atomic E-state index is -3.28. The van der Waals surface area contributed by atoms with Crippen LogP contribution in [0.4, 0.5) is 0 Å². The normalized spacial score (nSPS) is 22.0. The van der Waals surface area contributed by atoms with Crippen molar-refractivity contribution in [3.63, 3.8) is 0 Å². The van der Waals surface area contributed by atoms with Crippen LogP contribution in [0.5, 0.6) is 0 Å². The number of rotatable bonds is 4. The topological polar surface area (TPSA) is 58.2 Å². The summed E-state index contributed by atoms with van der Waals surface area (Å²) in [6.07, 6.45) is 0.980. The first kappa shape index (κ1) is 13.5. The third-order valence-corrected chi connectivity index (χ3v) is 5.34. The highest BCUT2D eigenvalue weighted by Gasteiger charge is 2.26. The molecule has 0 spiro atoms. The van der Waals surface area contributed by atoms with Crippen molar-refractivity contribution >= 4 is 9.84 Å². The maximum absolute atomic E-state index is 12.3. The lowest BCUT2D eigenvalue weighted by molar-refractivity contribution is 0.508. The van der Waals surface area contributed by atoms with E-state index in [1.54, 1.807) is 19.1 Å². The van der Waals surface area contributed by atoms with Crippen molar-refractivity contribution in [3.8, 4) is 0 Å². The summed E-state index contributed by atoms with van der Waals surface area (Å²) in [5.74, 6) is 0. The van der Waals surface area contributed by atoms with Crippen LogP contribution in [0.2, 0.25) is 0 Å². The molecule has 0 bridgehead atoms. The average molecular weight is 268 g/mol. The van der Waals surface area contributed by atoms with Crippen LogP contribution in [0.15, 0.2) is 29.2 Å². The van der Waals surface area contributed by atoms with Crippen molar-refractivity contribution < 1.29 is 8.42 Å². The number of nitrogens with one attached hydrogen (secondary N) is 2. The third kappa shape index (κ3) is 2.91. The maximum atomic E-state index is 12.3. The Labute approximate surface area is 109 Å². The molecule has 5 heteroatoms. The summed E-state index contributed by atoms with van der Waals surface area (Å²) in [7, 11) is -3.28. The first-order valence-corrected chi connectivity index (χ1v) is 7.82. The summed E-state index contributed by atoms with van der Waals surface area (Å²) in [5, 5.41) is 5.85. The zero-order chi connectivity index (χ0) is 13.2. The van der Waals surface area contributed by atoms with E-state index in [-0.39, 0.29) is 6.04 Å². The second kappa shape index (κ2) is 5.38. The van der Waals surface area contributed by atoms with E-state index in [0.29, 0.717) is 4.90 Å². The first-order valence-electron chi connectivity index (χ1n) is 6.27. The highest BCUT2D eigenvalue weighted by atomic mass is 32.2. The highest BCUT2D eigenvalue weighted by Crippen LogP contribution is 2.16. The smallest absolute Gasteiger partial charge is 0.193 e. The van der Waals surface area contributed by atoms with Crippen LogP contribution in [0.1, 0.15) is 18.9 Å². The van der Waals surface area contributed by atoms with Gasteiger partial charge in [-0.25, -0.2) is 8.42 Å². The van der Waals surface area contributed by atoms with E-state index < -0.39 is 15.2 Å². The second-order valence-corrected chi connectivity index (χ2v) is 7.13. The molecule has 2 rings (SSSR count). The average Bonchev–Trinajstić information content (AvgIpc) is 2.82. The predicted molar refractivity (Wildman–Crippen MR) is 72.2 cm³/mol. The molecule has 1 aliphatic heterocycles. The number of aryl methyl sites for hydroxylation is 1. The van der Waals surface area contributed by atoms with Gasteiger partial charge >= 0.3 is 0 Å². The molecular formula is C13H20N2O2S. The fourth-order valence-corrected chi connectivity index (χ4v) is 3.45. The van der Waals surface area contributed by atoms with Gasteiger partial charge in [0, 0.05) is 12.6 Å². The Morgan fingerprint density at radius 2 is 2.00 bits per heavy atom. The van der Waals surface area contributed by atoms with Gasteiger partial charge < -0.3 is 5.32 Å². The van der Waals surface area contributed by atoms with Crippen molar-refractivity contribution in [1.29, 1.82) is 0 Å². The Morgan fingerprint density at radius 1 is 1.33 bits per heavy atom. The van der Waals surface area contributed by atoms with E-state index >= 15 is 0 Å². The third-order valence-electron chi connectivity index (χ3n) is 3.35. The quantitative estimate of drug-likeness (QED) is 0.857. The lowest BCUT2D eigenvalue weighted by Gasteiger charge is -2.19. The summed E-state index contributed by atoms with van der Waals surface area (Å²) in [5.41, 5.74) is 1.06. The summed E-state index contributed by atoms with van der Waals surface area (Å²) >= 11 is 0. The van der Waals surface area contributed by atoms with Gasteiger partial charge in [0.2, 0.25) is 0 Å². The molecule has 0 aromatic heterocycles. The summed E-state index contributed by atoms with van der Waals surface area (Å²) < 4.78 is 24.7. The Kier molecular flexibility index (Phi) is 4.04. The van der Waals surface area contributed by atoms with E-state index in [4.69, 9.17) is 0 Å². The van der Waals surface area contributed by atoms with Crippen LogP contribution >= 0.6 is 0 Å². The molecule has 2 unspecified atom stereocenters. The van der Waals surface area contributed by atoms with Gasteiger partial charge in [-0.15, -0.1) is 0 Å². The van der Waals surface area contributed by atoms with E-state index in [1.165, 1.54) is 0 Å². The molecule has 18 heavy (non-hydrogen) atoms. The van der Waals surface area contributed by atoms with E-state index in [9.17, 15) is 8.42 Å². The SMILES string of the molecule is Cc1ccc(S(=O)(=O)C(C)NC2CCNC2)cc1. The van der Waals surface area contributed by atoms with Crippen molar-refractivity contribution in [1.82, 2.24) is 10.6 Å². The molecule has 100 valence electrons. The Balaban J connectivity index is 2.11. The molecule has 1 fully saturated rings. The van der Waals surface area contributed by atoms with Crippen molar-refractivity contribution in [3.05, 3.63) is 29.8 Å². The molecule has 1 aromatic rings. The highest BCUT2D eigenvalue weighted by molar-refractivity contribution is 7.92. The lowest BCUT2D eigenvalue weighted by Crippen LogP contribution is -2.42. The molecule has 1 aliphatic rings. The zero-order valence-corrected chi connectivity index (χ0v) is 11.6. The van der Waals surface area contributed by atoms with Gasteiger partial charge in [0.05, 0.1) is 4.90 Å². The lowest BCUT2D eigenvalue weighted by atomic mass is 10.2. The molecule has 1 saturated heterocycles. The monoisotopic (exact) mass is 268 g/mol. The number of hydrogen-bond donors (Lipinski definition) is 2. The Bertz CT molecular complexity index is 490. The van der Waals surface area contributed by atoms with Gasteiger partial charge in [-0.3, -0.25) is 5.32 Å². The number of hydrogen-bond acceptors (Lipinski definition) is 4. The summed E-state index contributed by atoms with van der Waals surface area (Å²) in [4.78, 5) is 0.388. The number of benzene rings is 1. The van der Waals surface area contributed by atoms with E-state index in [2.05, 4.69) is 10.6 Å². The van der Waals surface area contributed by atoms with Gasteiger partial charge in [0.15, 0.2) is 9.84 Å². The van der Waals surface area contributed by atoms with E-state index in [0.717, 1.165) is 25.1 Å². The van der Waals surface area contributed by atoms with Gasteiger partial charge in [-0.1, -0.05) is 17.7 Å². The second-order valence-electron chi connectivity index (χ2n) is 4.86. The van der Waals surface area contributed by atoms with Crippen LogP contribution in [0.25, 0.3) is 0 Å². The fraction of sp³-hybridized carbons (Fsp3) is 0.538.